The predicted molar refractivity (Wildman–Crippen MR) is 112 cm³/mol. The molecule has 1 saturated heterocycles. The first-order chi connectivity index (χ1) is 16.8. The van der Waals surface area contributed by atoms with E-state index < -0.39 is 78.0 Å². The van der Waals surface area contributed by atoms with Crippen LogP contribution < -0.4 is 5.73 Å². The largest absolute Gasteiger partial charge is 0.481 e. The van der Waals surface area contributed by atoms with Gasteiger partial charge < -0.3 is 45.8 Å². The Labute approximate surface area is 200 Å². The molecule has 202 valence electrons. The molecule has 2 aromatic heterocycles. The molecule has 0 aliphatic carbocycles. The number of aliphatic hydroxyl groups excluding tert-OH is 5. The van der Waals surface area contributed by atoms with Crippen LogP contribution in [0.5, 0.6) is 0 Å². The molecule has 2 aromatic rings. The zero-order chi connectivity index (χ0) is 26.8. The van der Waals surface area contributed by atoms with Gasteiger partial charge in [-0.1, -0.05) is 0 Å². The Hall–Kier alpha value is -1.96. The third-order valence-corrected chi connectivity index (χ3v) is 7.47. The lowest BCUT2D eigenvalue weighted by Gasteiger charge is -2.20. The highest BCUT2D eigenvalue weighted by Gasteiger charge is 2.46. The number of rotatable bonds is 12. The van der Waals surface area contributed by atoms with Crippen molar-refractivity contribution in [3.63, 3.8) is 0 Å². The number of nitrogens with two attached hydrogens (primary N) is 1. The molecule has 8 atom stereocenters. The predicted octanol–water partition coefficient (Wildman–Crippen LogP) is -3.44. The van der Waals surface area contributed by atoms with E-state index in [1.165, 1.54) is 10.9 Å². The number of ketones is 1. The Kier molecular flexibility index (Phi) is 8.90. The number of ether oxygens (including phenoxy) is 1. The van der Waals surface area contributed by atoms with E-state index in [0.717, 1.165) is 6.33 Å². The normalized spacial score (nSPS) is 27.4. The summed E-state index contributed by atoms with van der Waals surface area (Å²) in [6, 6.07) is 0. The molecule has 1 aliphatic heterocycles. The fourth-order valence-electron chi connectivity index (χ4n) is 3.07. The van der Waals surface area contributed by atoms with E-state index >= 15 is 0 Å². The summed E-state index contributed by atoms with van der Waals surface area (Å²) >= 11 is 0. The fourth-order valence-corrected chi connectivity index (χ4v) is 5.16. The number of aliphatic hydroxyl groups is 5. The molecule has 1 aliphatic rings. The van der Waals surface area contributed by atoms with Gasteiger partial charge in [0.05, 0.1) is 19.5 Å². The average Bonchev–Trinajstić information content (AvgIpc) is 3.36. The minimum absolute atomic E-state index is 0.0442. The van der Waals surface area contributed by atoms with Crippen molar-refractivity contribution in [1.82, 2.24) is 19.5 Å². The number of imidazole rings is 1. The second-order valence-corrected chi connectivity index (χ2v) is 10.4. The second-order valence-electron chi connectivity index (χ2n) is 7.38. The van der Waals surface area contributed by atoms with E-state index in [4.69, 9.17) is 15.6 Å². The first-order valence-electron chi connectivity index (χ1n) is 9.86. The van der Waals surface area contributed by atoms with Crippen LogP contribution >= 0.6 is 15.6 Å². The third kappa shape index (κ3) is 6.48. The van der Waals surface area contributed by atoms with Crippen molar-refractivity contribution in [3.05, 3.63) is 12.7 Å². The standard InChI is InChI=1S/C15H23N5O14P2/c16-13-9-14(18-4-17-13)20(5-19-9)15-12(26)11(25)8(33-15)3-32-36(29,30)34-35(27,28)31-2-7(23)10(24)6(22)1-21/h4-5,7-8,10-12,15,21,23-26H,1-3H2,(H,27,28)(H,29,30)(H2,16,17,18)/t7-,8-,10+,11-,12-,15-/m1/s1. The van der Waals surface area contributed by atoms with Gasteiger partial charge in [0.1, 0.15) is 49.0 Å². The SMILES string of the molecule is Nc1ncnc2c1ncn2[C@@H]1O[C@H](COP(=O)(O)OP(=O)(O)OC[C@@H](O)[C@@H](O)C(=O)CO)[C@@H](O)[C@H]1O. The summed E-state index contributed by atoms with van der Waals surface area (Å²) in [5.74, 6) is -1.17. The molecule has 0 spiro atoms. The van der Waals surface area contributed by atoms with E-state index in [9.17, 15) is 44.1 Å². The molecule has 9 N–H and O–H groups in total. The summed E-state index contributed by atoms with van der Waals surface area (Å²) in [4.78, 5) is 42.1. The van der Waals surface area contributed by atoms with Crippen LogP contribution in [0.25, 0.3) is 11.2 Å². The Balaban J connectivity index is 1.58. The lowest BCUT2D eigenvalue weighted by Crippen LogP contribution is -2.38. The van der Waals surface area contributed by atoms with Crippen LogP contribution in [0, 0.1) is 0 Å². The van der Waals surface area contributed by atoms with Gasteiger partial charge in [-0.2, -0.15) is 4.31 Å². The van der Waals surface area contributed by atoms with Crippen LogP contribution in [0.2, 0.25) is 0 Å². The first-order valence-corrected chi connectivity index (χ1v) is 12.9. The molecule has 0 saturated carbocycles. The highest BCUT2D eigenvalue weighted by Crippen LogP contribution is 2.60. The van der Waals surface area contributed by atoms with Crippen molar-refractivity contribution >= 4 is 38.4 Å². The number of Topliss-reactive ketones (excluding diaryl/α,β-unsaturated/α-hetero) is 1. The van der Waals surface area contributed by atoms with Crippen LogP contribution in [0.4, 0.5) is 5.82 Å². The Morgan fingerprint density at radius 1 is 1.14 bits per heavy atom. The molecule has 2 unspecified atom stereocenters. The lowest BCUT2D eigenvalue weighted by atomic mass is 10.1. The number of nitrogen functional groups attached to an aromatic ring is 1. The topological polar surface area (TPSA) is 299 Å². The molecule has 3 rings (SSSR count). The summed E-state index contributed by atoms with van der Waals surface area (Å²) in [7, 11) is -10.8. The molecular weight excluding hydrogens is 536 g/mol. The number of nitrogens with zero attached hydrogens (tertiary/aromatic N) is 4. The van der Waals surface area contributed by atoms with Crippen LogP contribution in [0.3, 0.4) is 0 Å². The molecule has 0 radical (unpaired) electrons. The molecular formula is C15H23N5O14P2. The maximum atomic E-state index is 12.1. The number of phosphoric acid groups is 2. The lowest BCUT2D eigenvalue weighted by molar-refractivity contribution is -0.137. The van der Waals surface area contributed by atoms with Gasteiger partial charge in [-0.25, -0.2) is 24.1 Å². The summed E-state index contributed by atoms with van der Waals surface area (Å²) < 4.78 is 43.5. The van der Waals surface area contributed by atoms with E-state index in [1.807, 2.05) is 0 Å². The van der Waals surface area contributed by atoms with Crippen LogP contribution in [0.15, 0.2) is 12.7 Å². The Morgan fingerprint density at radius 2 is 1.81 bits per heavy atom. The maximum absolute atomic E-state index is 12.1. The number of aromatic nitrogens is 4. The highest BCUT2D eigenvalue weighted by molar-refractivity contribution is 7.61. The molecule has 0 aromatic carbocycles. The van der Waals surface area contributed by atoms with Crippen molar-refractivity contribution in [2.45, 2.75) is 36.7 Å². The number of carbonyl (C=O) groups is 1. The zero-order valence-electron chi connectivity index (χ0n) is 18.0. The monoisotopic (exact) mass is 559 g/mol. The van der Waals surface area contributed by atoms with Crippen molar-refractivity contribution in [2.75, 3.05) is 25.6 Å². The van der Waals surface area contributed by atoms with Crippen molar-refractivity contribution in [1.29, 1.82) is 0 Å². The average molecular weight is 559 g/mol. The van der Waals surface area contributed by atoms with Crippen molar-refractivity contribution < 1.29 is 67.3 Å². The van der Waals surface area contributed by atoms with Crippen LogP contribution in [-0.2, 0) is 32.0 Å². The summed E-state index contributed by atoms with van der Waals surface area (Å²) in [5.41, 5.74) is 6.04. The molecule has 3 heterocycles. The summed E-state index contributed by atoms with van der Waals surface area (Å²) in [6.45, 7) is -3.25. The number of hydrogen-bond donors (Lipinski definition) is 8. The van der Waals surface area contributed by atoms with Gasteiger partial charge in [0.15, 0.2) is 23.5 Å². The van der Waals surface area contributed by atoms with E-state index in [2.05, 4.69) is 28.3 Å². The fraction of sp³-hybridized carbons (Fsp3) is 0.600. The van der Waals surface area contributed by atoms with Crippen LogP contribution in [0.1, 0.15) is 6.23 Å². The van der Waals surface area contributed by atoms with E-state index in [0.29, 0.717) is 0 Å². The van der Waals surface area contributed by atoms with E-state index in [-0.39, 0.29) is 17.0 Å². The quantitative estimate of drug-likeness (QED) is 0.117. The Morgan fingerprint density at radius 3 is 2.47 bits per heavy atom. The summed E-state index contributed by atoms with van der Waals surface area (Å²) in [6.07, 6.45) is -7.88. The zero-order valence-corrected chi connectivity index (χ0v) is 19.8. The minimum Gasteiger partial charge on any atom is -0.388 e. The van der Waals surface area contributed by atoms with Crippen molar-refractivity contribution in [2.24, 2.45) is 0 Å². The Bertz CT molecular complexity index is 1180. The van der Waals surface area contributed by atoms with Gasteiger partial charge in [-0.3, -0.25) is 18.4 Å². The highest BCUT2D eigenvalue weighted by atomic mass is 31.3. The number of fused-ring (bicyclic) bond motifs is 1. The molecule has 0 amide bonds. The van der Waals surface area contributed by atoms with Crippen molar-refractivity contribution in [3.8, 4) is 0 Å². The van der Waals surface area contributed by atoms with Gasteiger partial charge >= 0.3 is 15.6 Å². The maximum Gasteiger partial charge on any atom is 0.481 e. The first kappa shape index (κ1) is 28.6. The van der Waals surface area contributed by atoms with Crippen LogP contribution in [-0.4, -0.2) is 111 Å². The number of hydrogen-bond acceptors (Lipinski definition) is 16. The smallest absolute Gasteiger partial charge is 0.388 e. The van der Waals surface area contributed by atoms with Gasteiger partial charge in [0.2, 0.25) is 0 Å². The van der Waals surface area contributed by atoms with Gasteiger partial charge in [-0.15, -0.1) is 0 Å². The number of anilines is 1. The summed E-state index contributed by atoms with van der Waals surface area (Å²) in [5, 5.41) is 48.1. The number of carbonyl (C=O) groups excluding carboxylic acids is 1. The molecule has 1 fully saturated rings. The van der Waals surface area contributed by atoms with Gasteiger partial charge in [-0.05, 0) is 0 Å². The molecule has 0 bridgehead atoms. The second kappa shape index (κ2) is 11.2. The van der Waals surface area contributed by atoms with Gasteiger partial charge in [0.25, 0.3) is 0 Å². The molecule has 21 heteroatoms. The van der Waals surface area contributed by atoms with E-state index in [1.54, 1.807) is 0 Å². The molecule has 19 nitrogen and oxygen atoms in total. The number of phosphoric ester groups is 2. The molecule has 36 heavy (non-hydrogen) atoms. The minimum atomic E-state index is -5.39. The van der Waals surface area contributed by atoms with Gasteiger partial charge in [0, 0.05) is 0 Å². The third-order valence-electron chi connectivity index (χ3n) is 4.87.